The number of aromatic hydroxyl groups is 1. The number of hydrogen-bond acceptors (Lipinski definition) is 2. The van der Waals surface area contributed by atoms with Crippen LogP contribution < -0.4 is 0 Å². The highest BCUT2D eigenvalue weighted by Crippen LogP contribution is 2.25. The molecule has 2 nitrogen and oxygen atoms in total. The summed E-state index contributed by atoms with van der Waals surface area (Å²) >= 11 is 0. The zero-order valence-corrected chi connectivity index (χ0v) is 7.46. The molecular formula is C10H14O2. The van der Waals surface area contributed by atoms with E-state index < -0.39 is 0 Å². The van der Waals surface area contributed by atoms with E-state index >= 15 is 0 Å². The van der Waals surface area contributed by atoms with Gasteiger partial charge in [-0.3, -0.25) is 0 Å². The van der Waals surface area contributed by atoms with Crippen molar-refractivity contribution in [2.45, 2.75) is 26.9 Å². The zero-order valence-electron chi connectivity index (χ0n) is 7.46. The van der Waals surface area contributed by atoms with Crippen LogP contribution in [0.3, 0.4) is 0 Å². The van der Waals surface area contributed by atoms with Crippen LogP contribution in [0.1, 0.15) is 23.6 Å². The molecule has 1 aromatic carbocycles. The van der Waals surface area contributed by atoms with Crippen molar-refractivity contribution in [2.24, 2.45) is 0 Å². The van der Waals surface area contributed by atoms with Gasteiger partial charge in [-0.2, -0.15) is 0 Å². The fourth-order valence-electron chi connectivity index (χ4n) is 1.36. The van der Waals surface area contributed by atoms with Gasteiger partial charge >= 0.3 is 0 Å². The summed E-state index contributed by atoms with van der Waals surface area (Å²) in [6.07, 6.45) is 0.797. The number of aryl methyl sites for hydroxylation is 1. The van der Waals surface area contributed by atoms with Gasteiger partial charge < -0.3 is 10.2 Å². The van der Waals surface area contributed by atoms with Gasteiger partial charge in [0.25, 0.3) is 0 Å². The molecule has 1 aromatic rings. The lowest BCUT2D eigenvalue weighted by molar-refractivity contribution is 0.275. The minimum absolute atomic E-state index is 0.0981. The second kappa shape index (κ2) is 3.59. The molecule has 0 unspecified atom stereocenters. The van der Waals surface area contributed by atoms with Crippen LogP contribution in [0.25, 0.3) is 0 Å². The van der Waals surface area contributed by atoms with Gasteiger partial charge in [0.1, 0.15) is 5.75 Å². The van der Waals surface area contributed by atoms with E-state index in [0.29, 0.717) is 5.56 Å². The number of benzene rings is 1. The van der Waals surface area contributed by atoms with Gasteiger partial charge in [0, 0.05) is 5.56 Å². The maximum absolute atomic E-state index is 9.61. The lowest BCUT2D eigenvalue weighted by Gasteiger charge is -2.09. The Morgan fingerprint density at radius 1 is 1.33 bits per heavy atom. The molecule has 0 heterocycles. The normalized spacial score (nSPS) is 10.2. The monoisotopic (exact) mass is 166 g/mol. The highest BCUT2D eigenvalue weighted by Gasteiger charge is 2.06. The molecule has 0 aliphatic carbocycles. The molecule has 0 radical (unpaired) electrons. The minimum atomic E-state index is -0.0981. The predicted octanol–water partition coefficient (Wildman–Crippen LogP) is 1.76. The molecule has 12 heavy (non-hydrogen) atoms. The van der Waals surface area contributed by atoms with Crippen molar-refractivity contribution in [1.82, 2.24) is 0 Å². The molecule has 0 spiro atoms. The molecule has 0 aromatic heterocycles. The Labute approximate surface area is 72.5 Å². The summed E-state index contributed by atoms with van der Waals surface area (Å²) in [4.78, 5) is 0. The van der Waals surface area contributed by atoms with Crippen LogP contribution in [0.5, 0.6) is 5.75 Å². The summed E-state index contributed by atoms with van der Waals surface area (Å²) in [6.45, 7) is 3.85. The van der Waals surface area contributed by atoms with Gasteiger partial charge in [-0.15, -0.1) is 0 Å². The van der Waals surface area contributed by atoms with E-state index in [-0.39, 0.29) is 12.4 Å². The Balaban J connectivity index is 3.24. The maximum atomic E-state index is 9.61. The number of aliphatic hydroxyl groups is 1. The largest absolute Gasteiger partial charge is 0.507 e. The van der Waals surface area contributed by atoms with Crippen molar-refractivity contribution in [3.05, 3.63) is 28.8 Å². The van der Waals surface area contributed by atoms with E-state index in [2.05, 4.69) is 0 Å². The second-order valence-corrected chi connectivity index (χ2v) is 2.88. The van der Waals surface area contributed by atoms with E-state index in [1.54, 1.807) is 6.07 Å². The summed E-state index contributed by atoms with van der Waals surface area (Å²) in [7, 11) is 0. The topological polar surface area (TPSA) is 40.5 Å². The Morgan fingerprint density at radius 3 is 2.50 bits per heavy atom. The predicted molar refractivity (Wildman–Crippen MR) is 48.1 cm³/mol. The summed E-state index contributed by atoms with van der Waals surface area (Å²) in [5.74, 6) is 0.250. The lowest BCUT2D eigenvalue weighted by Crippen LogP contribution is -1.92. The van der Waals surface area contributed by atoms with Gasteiger partial charge in [0.05, 0.1) is 6.61 Å². The van der Waals surface area contributed by atoms with Crippen molar-refractivity contribution in [1.29, 1.82) is 0 Å². The Kier molecular flexibility index (Phi) is 2.71. The molecule has 2 N–H and O–H groups in total. The number of rotatable bonds is 2. The van der Waals surface area contributed by atoms with E-state index in [4.69, 9.17) is 5.11 Å². The van der Waals surface area contributed by atoms with E-state index in [1.807, 2.05) is 19.9 Å². The molecule has 0 fully saturated rings. The molecule has 0 bridgehead atoms. The fourth-order valence-corrected chi connectivity index (χ4v) is 1.36. The minimum Gasteiger partial charge on any atom is -0.507 e. The lowest BCUT2D eigenvalue weighted by atomic mass is 10.0. The number of aliphatic hydroxyl groups excluding tert-OH is 1. The molecular weight excluding hydrogens is 152 g/mol. The molecule has 0 saturated heterocycles. The molecule has 0 aliphatic rings. The quantitative estimate of drug-likeness (QED) is 0.702. The second-order valence-electron chi connectivity index (χ2n) is 2.88. The Hall–Kier alpha value is -1.02. The van der Waals surface area contributed by atoms with Crippen LogP contribution in [0.4, 0.5) is 0 Å². The average Bonchev–Trinajstić information content (AvgIpc) is 2.06. The summed E-state index contributed by atoms with van der Waals surface area (Å²) < 4.78 is 0. The standard InChI is InChI=1S/C10H14O2/c1-3-9-7(2)4-5-8(6-11)10(9)12/h4-5,11-12H,3,6H2,1-2H3. The first kappa shape index (κ1) is 9.07. The molecule has 0 amide bonds. The third-order valence-corrected chi connectivity index (χ3v) is 2.12. The van der Waals surface area contributed by atoms with E-state index in [0.717, 1.165) is 17.5 Å². The summed E-state index contributed by atoms with van der Waals surface area (Å²) in [6, 6.07) is 3.67. The van der Waals surface area contributed by atoms with Crippen LogP contribution in [-0.2, 0) is 13.0 Å². The van der Waals surface area contributed by atoms with Gasteiger partial charge in [0.2, 0.25) is 0 Å². The first-order chi connectivity index (χ1) is 5.70. The molecule has 66 valence electrons. The van der Waals surface area contributed by atoms with Crippen molar-refractivity contribution >= 4 is 0 Å². The highest BCUT2D eigenvalue weighted by atomic mass is 16.3. The van der Waals surface area contributed by atoms with Crippen LogP contribution in [0.2, 0.25) is 0 Å². The van der Waals surface area contributed by atoms with Crippen LogP contribution in [0, 0.1) is 6.92 Å². The van der Waals surface area contributed by atoms with Crippen LogP contribution >= 0.6 is 0 Å². The van der Waals surface area contributed by atoms with Crippen molar-refractivity contribution in [3.8, 4) is 5.75 Å². The Bertz CT molecular complexity index is 279. The third-order valence-electron chi connectivity index (χ3n) is 2.12. The molecule has 1 rings (SSSR count). The summed E-state index contributed by atoms with van der Waals surface area (Å²) in [5.41, 5.74) is 2.62. The number of phenols is 1. The van der Waals surface area contributed by atoms with Gasteiger partial charge in [-0.25, -0.2) is 0 Å². The SMILES string of the molecule is CCc1c(C)ccc(CO)c1O. The molecule has 0 saturated carbocycles. The summed E-state index contributed by atoms with van der Waals surface area (Å²) in [5, 5.41) is 18.5. The smallest absolute Gasteiger partial charge is 0.124 e. The van der Waals surface area contributed by atoms with E-state index in [1.165, 1.54) is 0 Å². The zero-order chi connectivity index (χ0) is 9.14. The van der Waals surface area contributed by atoms with Gasteiger partial charge in [-0.05, 0) is 24.5 Å². The molecule has 0 atom stereocenters. The van der Waals surface area contributed by atoms with Crippen molar-refractivity contribution in [2.75, 3.05) is 0 Å². The average molecular weight is 166 g/mol. The van der Waals surface area contributed by atoms with Crippen molar-refractivity contribution < 1.29 is 10.2 Å². The molecule has 0 aliphatic heterocycles. The van der Waals surface area contributed by atoms with Crippen LogP contribution in [0.15, 0.2) is 12.1 Å². The number of hydrogen-bond donors (Lipinski definition) is 2. The van der Waals surface area contributed by atoms with Gasteiger partial charge in [0.15, 0.2) is 0 Å². The first-order valence-electron chi connectivity index (χ1n) is 4.11. The Morgan fingerprint density at radius 2 is 2.00 bits per heavy atom. The van der Waals surface area contributed by atoms with Gasteiger partial charge in [-0.1, -0.05) is 19.1 Å². The fraction of sp³-hybridized carbons (Fsp3) is 0.400. The molecule has 2 heteroatoms. The first-order valence-corrected chi connectivity index (χ1v) is 4.11. The maximum Gasteiger partial charge on any atom is 0.124 e. The van der Waals surface area contributed by atoms with Crippen LogP contribution in [-0.4, -0.2) is 10.2 Å². The van der Waals surface area contributed by atoms with Crippen molar-refractivity contribution in [3.63, 3.8) is 0 Å². The highest BCUT2D eigenvalue weighted by molar-refractivity contribution is 5.44. The van der Waals surface area contributed by atoms with E-state index in [9.17, 15) is 5.11 Å². The third kappa shape index (κ3) is 1.43.